The molecule has 0 fully saturated rings. The van der Waals surface area contributed by atoms with Crippen LogP contribution < -0.4 is 0 Å². The van der Waals surface area contributed by atoms with E-state index in [4.69, 9.17) is 0 Å². The number of hydrogen-bond donors (Lipinski definition) is 1. The molecule has 0 saturated heterocycles. The Balaban J connectivity index is 2.66. The summed E-state index contributed by atoms with van der Waals surface area (Å²) in [6.45, 7) is 20.2. The third kappa shape index (κ3) is 5.07. The lowest BCUT2D eigenvalue weighted by atomic mass is 9.67. The van der Waals surface area contributed by atoms with E-state index in [1.807, 2.05) is 18.2 Å². The molecule has 0 heterocycles. The second-order valence-corrected chi connectivity index (χ2v) is 10.9. The molecule has 1 N–H and O–H groups in total. The van der Waals surface area contributed by atoms with Gasteiger partial charge in [-0.1, -0.05) is 111 Å². The third-order valence-electron chi connectivity index (χ3n) is 5.13. The van der Waals surface area contributed by atoms with Crippen molar-refractivity contribution < 1.29 is 5.11 Å². The van der Waals surface area contributed by atoms with Crippen LogP contribution in [0.4, 0.5) is 0 Å². The van der Waals surface area contributed by atoms with E-state index in [-0.39, 0.29) is 16.2 Å². The Hall–Kier alpha value is -2.02. The van der Waals surface area contributed by atoms with Crippen molar-refractivity contribution in [3.63, 3.8) is 0 Å². The lowest BCUT2D eigenvalue weighted by molar-refractivity contribution is 0.424. The molecule has 0 atom stereocenters. The number of allylic oxidation sites excluding steroid dienone is 1. The van der Waals surface area contributed by atoms with E-state index >= 15 is 0 Å². The number of benzene rings is 2. The Morgan fingerprint density at radius 3 is 1.75 bits per heavy atom. The van der Waals surface area contributed by atoms with Crippen LogP contribution in [-0.4, -0.2) is 5.11 Å². The highest BCUT2D eigenvalue weighted by Crippen LogP contribution is 2.46. The van der Waals surface area contributed by atoms with Crippen molar-refractivity contribution in [3.05, 3.63) is 70.3 Å². The predicted molar refractivity (Wildman–Crippen MR) is 123 cm³/mol. The topological polar surface area (TPSA) is 20.2 Å². The van der Waals surface area contributed by atoms with E-state index in [0.717, 1.165) is 17.5 Å². The molecule has 28 heavy (non-hydrogen) atoms. The quantitative estimate of drug-likeness (QED) is 0.585. The normalized spacial score (nSPS) is 13.3. The molecule has 0 radical (unpaired) electrons. The van der Waals surface area contributed by atoms with Gasteiger partial charge >= 0.3 is 0 Å². The van der Waals surface area contributed by atoms with Crippen LogP contribution in [0.25, 0.3) is 6.08 Å². The maximum absolute atomic E-state index is 11.3. The maximum Gasteiger partial charge on any atom is 0.123 e. The largest absolute Gasteiger partial charge is 0.507 e. The van der Waals surface area contributed by atoms with Gasteiger partial charge in [-0.05, 0) is 44.9 Å². The lowest BCUT2D eigenvalue weighted by Gasteiger charge is -2.37. The fourth-order valence-electron chi connectivity index (χ4n) is 3.87. The van der Waals surface area contributed by atoms with Crippen LogP contribution in [0.15, 0.2) is 42.5 Å². The van der Waals surface area contributed by atoms with Gasteiger partial charge in [-0.15, -0.1) is 0 Å². The summed E-state index contributed by atoms with van der Waals surface area (Å²) in [5.41, 5.74) is 5.75. The highest BCUT2D eigenvalue weighted by Gasteiger charge is 2.34. The van der Waals surface area contributed by atoms with Crippen molar-refractivity contribution in [2.24, 2.45) is 0 Å². The van der Waals surface area contributed by atoms with Gasteiger partial charge in [0.2, 0.25) is 0 Å². The summed E-state index contributed by atoms with van der Waals surface area (Å²) in [4.78, 5) is 0. The van der Waals surface area contributed by atoms with Crippen molar-refractivity contribution >= 4 is 6.08 Å². The van der Waals surface area contributed by atoms with Gasteiger partial charge in [0.25, 0.3) is 0 Å². The molecule has 0 spiro atoms. The second kappa shape index (κ2) is 7.78. The second-order valence-electron chi connectivity index (χ2n) is 10.9. The fraction of sp³-hybridized carbons (Fsp3) is 0.481. The zero-order chi connectivity index (χ0) is 21.3. The van der Waals surface area contributed by atoms with Gasteiger partial charge < -0.3 is 5.11 Å². The number of hydrogen-bond acceptors (Lipinski definition) is 1. The maximum atomic E-state index is 11.3. The minimum absolute atomic E-state index is 0.00814. The molecule has 0 unspecified atom stereocenters. The average Bonchev–Trinajstić information content (AvgIpc) is 2.53. The fourth-order valence-corrected chi connectivity index (χ4v) is 3.87. The average molecular weight is 379 g/mol. The van der Waals surface area contributed by atoms with Crippen LogP contribution in [0.1, 0.15) is 90.1 Å². The van der Waals surface area contributed by atoms with Crippen molar-refractivity contribution in [2.75, 3.05) is 0 Å². The van der Waals surface area contributed by atoms with Gasteiger partial charge in [-0.2, -0.15) is 0 Å². The minimum Gasteiger partial charge on any atom is -0.507 e. The molecular formula is C27H38O. The highest BCUT2D eigenvalue weighted by atomic mass is 16.3. The molecule has 2 rings (SSSR count). The van der Waals surface area contributed by atoms with Gasteiger partial charge in [0, 0.05) is 5.56 Å². The molecule has 0 aliphatic heterocycles. The molecular weight excluding hydrogens is 340 g/mol. The molecule has 0 aliphatic rings. The van der Waals surface area contributed by atoms with Crippen molar-refractivity contribution in [1.82, 2.24) is 0 Å². The zero-order valence-corrected chi connectivity index (χ0v) is 19.3. The Morgan fingerprint density at radius 1 is 0.750 bits per heavy atom. The molecule has 1 heteroatoms. The number of aromatic hydroxyl groups is 1. The summed E-state index contributed by atoms with van der Waals surface area (Å²) in [5.74, 6) is 0.461. The summed E-state index contributed by atoms with van der Waals surface area (Å²) in [6.07, 6.45) is 5.00. The van der Waals surface area contributed by atoms with Crippen LogP contribution in [0, 0.1) is 0 Å². The molecule has 2 aromatic carbocycles. The zero-order valence-electron chi connectivity index (χ0n) is 19.3. The van der Waals surface area contributed by atoms with E-state index in [2.05, 4.69) is 92.7 Å². The van der Waals surface area contributed by atoms with Gasteiger partial charge in [0.15, 0.2) is 0 Å². The highest BCUT2D eigenvalue weighted by molar-refractivity contribution is 5.58. The van der Waals surface area contributed by atoms with Crippen LogP contribution in [0.5, 0.6) is 5.75 Å². The summed E-state index contributed by atoms with van der Waals surface area (Å²) in [5, 5.41) is 11.3. The van der Waals surface area contributed by atoms with E-state index in [1.54, 1.807) is 0 Å². The molecule has 0 bridgehead atoms. The van der Waals surface area contributed by atoms with Gasteiger partial charge in [0.05, 0.1) is 0 Å². The lowest BCUT2D eigenvalue weighted by Crippen LogP contribution is -2.28. The van der Waals surface area contributed by atoms with Gasteiger partial charge in [-0.25, -0.2) is 0 Å². The van der Waals surface area contributed by atoms with Gasteiger partial charge in [-0.3, -0.25) is 0 Å². The smallest absolute Gasteiger partial charge is 0.123 e. The van der Waals surface area contributed by atoms with Crippen LogP contribution >= 0.6 is 0 Å². The van der Waals surface area contributed by atoms with E-state index < -0.39 is 0 Å². The summed E-state index contributed by atoms with van der Waals surface area (Å²) < 4.78 is 0. The first kappa shape index (κ1) is 22.3. The molecule has 2 aromatic rings. The molecule has 0 saturated carbocycles. The SMILES string of the molecule is CC(C)(C)c1cc(C/C=C/c2ccccc2)c(O)c(C(C)(C)C)c1C(C)(C)C. The third-order valence-corrected chi connectivity index (χ3v) is 5.13. The van der Waals surface area contributed by atoms with Crippen LogP contribution in [0.2, 0.25) is 0 Å². The summed E-state index contributed by atoms with van der Waals surface area (Å²) in [6, 6.07) is 12.6. The molecule has 1 nitrogen and oxygen atoms in total. The number of phenolic OH excluding ortho intramolecular Hbond substituents is 1. The molecule has 0 aromatic heterocycles. The number of phenols is 1. The standard InChI is InChI=1S/C27H38O/c1-25(2,3)21-18-20(17-13-16-19-14-11-10-12-15-19)24(28)23(27(7,8)9)22(21)26(4,5)6/h10-16,18,28H,17H2,1-9H3/b16-13+. The van der Waals surface area contributed by atoms with Crippen LogP contribution in [0.3, 0.4) is 0 Å². The first-order chi connectivity index (χ1) is 12.7. The van der Waals surface area contributed by atoms with Crippen molar-refractivity contribution in [2.45, 2.75) is 85.0 Å². The molecule has 0 amide bonds. The minimum atomic E-state index is -0.133. The number of rotatable bonds is 3. The summed E-state index contributed by atoms with van der Waals surface area (Å²) in [7, 11) is 0. The van der Waals surface area contributed by atoms with E-state index in [0.29, 0.717) is 5.75 Å². The van der Waals surface area contributed by atoms with E-state index in [1.165, 1.54) is 16.7 Å². The Bertz CT molecular complexity index is 835. The predicted octanol–water partition coefficient (Wildman–Crippen LogP) is 7.54. The van der Waals surface area contributed by atoms with Crippen molar-refractivity contribution in [3.8, 4) is 5.75 Å². The van der Waals surface area contributed by atoms with E-state index in [9.17, 15) is 5.11 Å². The molecule has 152 valence electrons. The first-order valence-corrected chi connectivity index (χ1v) is 10.3. The summed E-state index contributed by atoms with van der Waals surface area (Å²) >= 11 is 0. The van der Waals surface area contributed by atoms with Gasteiger partial charge in [0.1, 0.15) is 5.75 Å². The Labute approximate surface area is 172 Å². The molecule has 0 aliphatic carbocycles. The van der Waals surface area contributed by atoms with Crippen molar-refractivity contribution in [1.29, 1.82) is 0 Å². The van der Waals surface area contributed by atoms with Crippen LogP contribution in [-0.2, 0) is 22.7 Å². The Kier molecular flexibility index (Phi) is 6.19. The first-order valence-electron chi connectivity index (χ1n) is 10.3. The monoisotopic (exact) mass is 378 g/mol. The Morgan fingerprint density at radius 2 is 1.29 bits per heavy atom.